The van der Waals surface area contributed by atoms with Gasteiger partial charge in [-0.25, -0.2) is 23.4 Å². The van der Waals surface area contributed by atoms with Gasteiger partial charge in [0, 0.05) is 18.2 Å². The number of methoxy groups -OCH3 is 1. The molecule has 0 unspecified atom stereocenters. The van der Waals surface area contributed by atoms with Gasteiger partial charge in [0.1, 0.15) is 5.82 Å². The van der Waals surface area contributed by atoms with Gasteiger partial charge in [-0.05, 0) is 41.3 Å². The first-order valence-electron chi connectivity index (χ1n) is 11.9. The van der Waals surface area contributed by atoms with E-state index in [2.05, 4.69) is 24.7 Å². The van der Waals surface area contributed by atoms with Crippen LogP contribution in [0.25, 0.3) is 16.4 Å². The van der Waals surface area contributed by atoms with Crippen molar-refractivity contribution in [3.05, 3.63) is 77.3 Å². The fourth-order valence-electron chi connectivity index (χ4n) is 3.43. The van der Waals surface area contributed by atoms with Gasteiger partial charge in [-0.3, -0.25) is 0 Å². The molecule has 204 valence electrons. The van der Waals surface area contributed by atoms with Crippen LogP contribution in [0.5, 0.6) is 23.1 Å². The van der Waals surface area contributed by atoms with E-state index in [0.29, 0.717) is 5.75 Å². The second kappa shape index (κ2) is 13.6. The number of sulfonamides is 1. The molecule has 0 aliphatic heterocycles. The van der Waals surface area contributed by atoms with E-state index in [1.165, 1.54) is 31.6 Å². The fraction of sp³-hybridized carbons (Fsp3) is 0.259. The van der Waals surface area contributed by atoms with Crippen molar-refractivity contribution in [3.63, 3.8) is 0 Å². The minimum Gasteiger partial charge on any atom is -0.852 e. The molecule has 0 aliphatic carbocycles. The SMILES string of the molecule is COc1ccccc1Oc1c([N-]S(=O)(=O)c2ccc(C(C)(C)C)cc2)nc(-c2ncccn2)nc1OCC[O-].[Ca+2]. The zero-order chi connectivity index (χ0) is 28.0. The molecule has 40 heavy (non-hydrogen) atoms. The number of hydrogen-bond donors (Lipinski definition) is 0. The van der Waals surface area contributed by atoms with Crippen LogP contribution < -0.4 is 19.3 Å². The van der Waals surface area contributed by atoms with E-state index in [0.717, 1.165) is 5.56 Å². The molecule has 2 aromatic carbocycles. The van der Waals surface area contributed by atoms with Crippen LogP contribution in [-0.2, 0) is 15.4 Å². The molecule has 13 heteroatoms. The molecule has 2 aromatic heterocycles. The van der Waals surface area contributed by atoms with Crippen molar-refractivity contribution in [1.29, 1.82) is 0 Å². The molecule has 0 N–H and O–H groups in total. The molecule has 0 spiro atoms. The second-order valence-electron chi connectivity index (χ2n) is 9.22. The van der Waals surface area contributed by atoms with E-state index in [1.807, 2.05) is 20.8 Å². The van der Waals surface area contributed by atoms with Crippen molar-refractivity contribution in [1.82, 2.24) is 19.9 Å². The van der Waals surface area contributed by atoms with Crippen molar-refractivity contribution in [2.24, 2.45) is 0 Å². The first-order chi connectivity index (χ1) is 18.6. The maximum Gasteiger partial charge on any atom is 2.00 e. The zero-order valence-electron chi connectivity index (χ0n) is 22.6. The van der Waals surface area contributed by atoms with Crippen LogP contribution in [0.4, 0.5) is 5.82 Å². The van der Waals surface area contributed by atoms with Crippen molar-refractivity contribution >= 4 is 53.6 Å². The van der Waals surface area contributed by atoms with E-state index in [-0.39, 0.29) is 89.5 Å². The summed E-state index contributed by atoms with van der Waals surface area (Å²) in [5, 5.41) is 11.3. The van der Waals surface area contributed by atoms with Gasteiger partial charge < -0.3 is 29.0 Å². The van der Waals surface area contributed by atoms with E-state index in [1.54, 1.807) is 42.5 Å². The summed E-state index contributed by atoms with van der Waals surface area (Å²) in [7, 11) is -2.82. The van der Waals surface area contributed by atoms with Gasteiger partial charge in [0.15, 0.2) is 23.1 Å². The molecule has 2 heterocycles. The summed E-state index contributed by atoms with van der Waals surface area (Å²) in [4.78, 5) is 16.9. The summed E-state index contributed by atoms with van der Waals surface area (Å²) < 4.78 is 47.8. The Labute approximate surface area is 263 Å². The largest absolute Gasteiger partial charge is 2.00 e. The van der Waals surface area contributed by atoms with Crippen LogP contribution in [0.3, 0.4) is 0 Å². The monoisotopic (exact) mass is 589 g/mol. The molecule has 0 aliphatic rings. The normalized spacial score (nSPS) is 11.3. The zero-order valence-corrected chi connectivity index (χ0v) is 25.6. The topological polar surface area (TPSA) is 151 Å². The fourth-order valence-corrected chi connectivity index (χ4v) is 4.36. The molecule has 11 nitrogen and oxygen atoms in total. The molecule has 0 amide bonds. The Kier molecular flexibility index (Phi) is 10.7. The molecule has 0 atom stereocenters. The Morgan fingerprint density at radius 3 is 2.15 bits per heavy atom. The predicted octanol–water partition coefficient (Wildman–Crippen LogP) is 3.78. The Bertz CT molecular complexity index is 1530. The first-order valence-corrected chi connectivity index (χ1v) is 13.4. The molecule has 0 radical (unpaired) electrons. The van der Waals surface area contributed by atoms with Crippen LogP contribution in [0, 0.1) is 0 Å². The number of nitrogens with zero attached hydrogens (tertiary/aromatic N) is 5. The Morgan fingerprint density at radius 2 is 1.55 bits per heavy atom. The molecule has 4 rings (SSSR count). The van der Waals surface area contributed by atoms with Crippen LogP contribution in [0.1, 0.15) is 26.3 Å². The average molecular weight is 590 g/mol. The summed E-state index contributed by atoms with van der Waals surface area (Å²) in [6.07, 6.45) is 2.96. The summed E-state index contributed by atoms with van der Waals surface area (Å²) in [6, 6.07) is 14.8. The summed E-state index contributed by atoms with van der Waals surface area (Å²) in [5.41, 5.74) is 0.792. The van der Waals surface area contributed by atoms with Crippen LogP contribution in [0.2, 0.25) is 0 Å². The van der Waals surface area contributed by atoms with Gasteiger partial charge in [0.25, 0.3) is 5.88 Å². The quantitative estimate of drug-likeness (QED) is 0.250. The van der Waals surface area contributed by atoms with Gasteiger partial charge in [0.2, 0.25) is 10.0 Å². The number of benzene rings is 2. The summed E-state index contributed by atoms with van der Waals surface area (Å²) in [6.45, 7) is 5.23. The minimum absolute atomic E-state index is 0. The van der Waals surface area contributed by atoms with Gasteiger partial charge in [-0.15, -0.1) is 6.61 Å². The van der Waals surface area contributed by atoms with Gasteiger partial charge in [-0.2, -0.15) is 0 Å². The van der Waals surface area contributed by atoms with Crippen molar-refractivity contribution < 1.29 is 27.7 Å². The molecule has 0 saturated carbocycles. The van der Waals surface area contributed by atoms with Crippen LogP contribution >= 0.6 is 0 Å². The van der Waals surface area contributed by atoms with Crippen molar-refractivity contribution in [2.75, 3.05) is 20.3 Å². The summed E-state index contributed by atoms with van der Waals surface area (Å²) in [5.74, 6) is -0.178. The maximum absolute atomic E-state index is 13.4. The number of rotatable bonds is 10. The van der Waals surface area contributed by atoms with E-state index < -0.39 is 16.6 Å². The Hall–Kier alpha value is -3.03. The number of aromatic nitrogens is 4. The van der Waals surface area contributed by atoms with E-state index in [9.17, 15) is 13.5 Å². The van der Waals surface area contributed by atoms with E-state index in [4.69, 9.17) is 14.2 Å². The predicted molar refractivity (Wildman–Crippen MR) is 148 cm³/mol. The number of para-hydroxylation sites is 2. The summed E-state index contributed by atoms with van der Waals surface area (Å²) >= 11 is 0. The smallest absolute Gasteiger partial charge is 0.852 e. The Morgan fingerprint density at radius 1 is 0.900 bits per heavy atom. The number of hydrogen-bond acceptors (Lipinski definition) is 10. The molecular formula is C27H27CaN5O6S. The average Bonchev–Trinajstić information content (AvgIpc) is 2.93. The molecule has 0 bridgehead atoms. The van der Waals surface area contributed by atoms with Gasteiger partial charge in [0.05, 0.1) is 18.6 Å². The molecule has 0 saturated heterocycles. The Balaban J connectivity index is 0.00000441. The van der Waals surface area contributed by atoms with Crippen molar-refractivity contribution in [2.45, 2.75) is 31.1 Å². The van der Waals surface area contributed by atoms with Crippen molar-refractivity contribution in [3.8, 4) is 34.8 Å². The first kappa shape index (κ1) is 31.5. The van der Waals surface area contributed by atoms with Crippen LogP contribution in [0.15, 0.2) is 71.9 Å². The third kappa shape index (κ3) is 7.58. The second-order valence-corrected chi connectivity index (χ2v) is 10.8. The molecule has 0 fully saturated rings. The third-order valence-corrected chi connectivity index (χ3v) is 6.69. The maximum atomic E-state index is 13.4. The van der Waals surface area contributed by atoms with Gasteiger partial charge >= 0.3 is 37.7 Å². The molecular weight excluding hydrogens is 562 g/mol. The van der Waals surface area contributed by atoms with E-state index >= 15 is 0 Å². The van der Waals surface area contributed by atoms with Gasteiger partial charge in [-0.1, -0.05) is 45.0 Å². The number of ether oxygens (including phenoxy) is 3. The standard InChI is InChI=1S/C27H27N5O6S.Ca/c1-27(2,3)18-10-12-19(13-11-18)39(34,35)32-23-22(38-21-9-6-5-8-20(21)36-4)26(37-17-16-33)31-25(30-23)24-28-14-7-15-29-24;/h5-15H,16-17H2,1-4H3;/q-2;+2. The minimum atomic E-state index is -4.28. The third-order valence-electron chi connectivity index (χ3n) is 5.41. The molecule has 4 aromatic rings. The van der Waals surface area contributed by atoms with Crippen LogP contribution in [-0.4, -0.2) is 86.4 Å².